The third-order valence-corrected chi connectivity index (χ3v) is 8.63. The molecule has 3 aromatic carbocycles. The molecule has 0 aliphatic carbocycles. The van der Waals surface area contributed by atoms with E-state index in [0.29, 0.717) is 11.4 Å². The van der Waals surface area contributed by atoms with Crippen LogP contribution < -0.4 is 9.62 Å². The highest BCUT2D eigenvalue weighted by molar-refractivity contribution is 9.10. The average molecular weight is 698 g/mol. The molecule has 0 unspecified atom stereocenters. The summed E-state index contributed by atoms with van der Waals surface area (Å²) in [5.74, 6) is -0.533. The van der Waals surface area contributed by atoms with E-state index in [-0.39, 0.29) is 48.5 Å². The lowest BCUT2D eigenvalue weighted by Crippen LogP contribution is -2.54. The Balaban J connectivity index is 1.92. The van der Waals surface area contributed by atoms with Crippen LogP contribution in [-0.2, 0) is 32.6 Å². The molecule has 1 atom stereocenters. The van der Waals surface area contributed by atoms with Crippen molar-refractivity contribution < 1.29 is 18.0 Å². The summed E-state index contributed by atoms with van der Waals surface area (Å²) in [7, 11) is -3.72. The van der Waals surface area contributed by atoms with Crippen LogP contribution in [-0.4, -0.2) is 49.5 Å². The molecule has 1 N–H and O–H groups in total. The second-order valence-corrected chi connectivity index (χ2v) is 14.8. The van der Waals surface area contributed by atoms with E-state index in [1.165, 1.54) is 12.1 Å². The van der Waals surface area contributed by atoms with Crippen molar-refractivity contribution in [2.45, 2.75) is 58.2 Å². The number of carbonyl (C=O) groups excluding carboxylic acids is 2. The zero-order valence-electron chi connectivity index (χ0n) is 24.1. The van der Waals surface area contributed by atoms with E-state index in [4.69, 9.17) is 23.2 Å². The first kappa shape index (κ1) is 33.9. The molecule has 3 rings (SSSR count). The normalized spacial score (nSPS) is 12.5. The molecule has 2 amide bonds. The Bertz CT molecular complexity index is 1480. The van der Waals surface area contributed by atoms with Gasteiger partial charge in [0, 0.05) is 41.0 Å². The lowest BCUT2D eigenvalue weighted by atomic mass is 10.00. The van der Waals surface area contributed by atoms with Gasteiger partial charge in [-0.25, -0.2) is 8.42 Å². The van der Waals surface area contributed by atoms with Gasteiger partial charge in [0.1, 0.15) is 6.04 Å². The average Bonchev–Trinajstić information content (AvgIpc) is 2.90. The minimum atomic E-state index is -3.72. The largest absolute Gasteiger partial charge is 0.350 e. The van der Waals surface area contributed by atoms with Crippen LogP contribution in [0.3, 0.4) is 0 Å². The van der Waals surface area contributed by atoms with Crippen LogP contribution in [0.25, 0.3) is 0 Å². The van der Waals surface area contributed by atoms with Gasteiger partial charge in [0.2, 0.25) is 21.8 Å². The van der Waals surface area contributed by atoms with Gasteiger partial charge in [0.15, 0.2) is 0 Å². The zero-order chi connectivity index (χ0) is 31.1. The minimum absolute atomic E-state index is 0.00823. The van der Waals surface area contributed by atoms with Crippen LogP contribution in [0.1, 0.15) is 44.7 Å². The van der Waals surface area contributed by atoms with Gasteiger partial charge in [0.05, 0.1) is 17.0 Å². The fraction of sp³-hybridized carbons (Fsp3) is 0.355. The fourth-order valence-corrected chi connectivity index (χ4v) is 6.12. The summed E-state index contributed by atoms with van der Waals surface area (Å²) in [5.41, 5.74) is 1.51. The smallest absolute Gasteiger partial charge is 0.243 e. The summed E-state index contributed by atoms with van der Waals surface area (Å²) < 4.78 is 27.4. The van der Waals surface area contributed by atoms with Crippen molar-refractivity contribution in [3.8, 4) is 0 Å². The van der Waals surface area contributed by atoms with E-state index >= 15 is 0 Å². The minimum Gasteiger partial charge on any atom is -0.350 e. The Morgan fingerprint density at radius 2 is 1.60 bits per heavy atom. The van der Waals surface area contributed by atoms with Crippen LogP contribution in [0.15, 0.2) is 77.3 Å². The highest BCUT2D eigenvalue weighted by atomic mass is 79.9. The molecule has 0 radical (unpaired) electrons. The number of hydrogen-bond donors (Lipinski definition) is 1. The van der Waals surface area contributed by atoms with E-state index in [1.54, 1.807) is 11.0 Å². The zero-order valence-corrected chi connectivity index (χ0v) is 28.0. The van der Waals surface area contributed by atoms with E-state index in [2.05, 4.69) is 21.2 Å². The lowest BCUT2D eigenvalue weighted by molar-refractivity contribution is -0.142. The predicted octanol–water partition coefficient (Wildman–Crippen LogP) is 6.86. The number of carbonyl (C=O) groups is 2. The van der Waals surface area contributed by atoms with E-state index in [1.807, 2.05) is 75.4 Å². The molecule has 11 heteroatoms. The summed E-state index contributed by atoms with van der Waals surface area (Å²) in [5, 5.41) is 3.61. The Morgan fingerprint density at radius 3 is 2.19 bits per heavy atom. The number of rotatable bonds is 12. The van der Waals surface area contributed by atoms with E-state index in [0.717, 1.165) is 26.2 Å². The van der Waals surface area contributed by atoms with Gasteiger partial charge in [-0.05, 0) is 68.7 Å². The third-order valence-electron chi connectivity index (χ3n) is 6.36. The second kappa shape index (κ2) is 14.7. The first-order valence-corrected chi connectivity index (χ1v) is 16.9. The van der Waals surface area contributed by atoms with Gasteiger partial charge in [0.25, 0.3) is 0 Å². The molecular formula is C31H36BrCl2N3O4S. The molecule has 0 aromatic heterocycles. The Kier molecular flexibility index (Phi) is 11.9. The van der Waals surface area contributed by atoms with Crippen LogP contribution >= 0.6 is 39.1 Å². The number of hydrogen-bond acceptors (Lipinski definition) is 4. The second-order valence-electron chi connectivity index (χ2n) is 11.1. The lowest BCUT2D eigenvalue weighted by Gasteiger charge is -2.34. The molecule has 0 spiro atoms. The van der Waals surface area contributed by atoms with Gasteiger partial charge in [-0.1, -0.05) is 81.6 Å². The molecule has 0 saturated carbocycles. The number of sulfonamides is 1. The topological polar surface area (TPSA) is 86.8 Å². The van der Waals surface area contributed by atoms with Crippen LogP contribution in [0, 0.1) is 0 Å². The SMILES string of the molecule is CC(C)(C)NC(=O)[C@@H](Cc1ccccc1)N(Cc1ccc(Br)cc1)C(=O)CCCN(c1cc(Cl)ccc1Cl)S(C)(=O)=O. The highest BCUT2D eigenvalue weighted by Crippen LogP contribution is 2.31. The van der Waals surface area contributed by atoms with Crippen molar-refractivity contribution in [3.05, 3.63) is 98.4 Å². The van der Waals surface area contributed by atoms with Crippen molar-refractivity contribution in [1.82, 2.24) is 10.2 Å². The molecular weight excluding hydrogens is 661 g/mol. The summed E-state index contributed by atoms with van der Waals surface area (Å²) in [6, 6.07) is 20.9. The quantitative estimate of drug-likeness (QED) is 0.224. The molecule has 0 aliphatic rings. The monoisotopic (exact) mass is 695 g/mol. The predicted molar refractivity (Wildman–Crippen MR) is 174 cm³/mol. The standard InChI is InChI=1S/C31H36BrCl2N3O4S/c1-31(2,3)35-30(39)28(19-22-9-6-5-7-10-22)36(21-23-12-14-24(32)15-13-23)29(38)11-8-18-37(42(4,40)41)27-20-25(33)16-17-26(27)34/h5-7,9-10,12-17,20,28H,8,11,18-19,21H2,1-4H3,(H,35,39)/t28-/m1/s1. The number of nitrogens with one attached hydrogen (secondary N) is 1. The van der Waals surface area contributed by atoms with Gasteiger partial charge in [-0.3, -0.25) is 13.9 Å². The summed E-state index contributed by atoms with van der Waals surface area (Å²) in [4.78, 5) is 29.2. The number of benzene rings is 3. The van der Waals surface area contributed by atoms with Crippen molar-refractivity contribution in [3.63, 3.8) is 0 Å². The maximum absolute atomic E-state index is 13.9. The first-order valence-electron chi connectivity index (χ1n) is 13.5. The summed E-state index contributed by atoms with van der Waals surface area (Å²) in [6.45, 7) is 5.90. The summed E-state index contributed by atoms with van der Waals surface area (Å²) >= 11 is 15.9. The highest BCUT2D eigenvalue weighted by Gasteiger charge is 2.32. The van der Waals surface area contributed by atoms with Crippen molar-refractivity contribution >= 4 is 66.7 Å². The van der Waals surface area contributed by atoms with Gasteiger partial charge in [-0.15, -0.1) is 0 Å². The number of halogens is 3. The fourth-order valence-electron chi connectivity index (χ4n) is 4.45. The Morgan fingerprint density at radius 1 is 0.952 bits per heavy atom. The molecule has 7 nitrogen and oxygen atoms in total. The van der Waals surface area contributed by atoms with Crippen LogP contribution in [0.5, 0.6) is 0 Å². The van der Waals surface area contributed by atoms with Crippen molar-refractivity contribution in [2.75, 3.05) is 17.1 Å². The molecule has 0 heterocycles. The molecule has 3 aromatic rings. The van der Waals surface area contributed by atoms with Crippen molar-refractivity contribution in [2.24, 2.45) is 0 Å². The molecule has 0 aliphatic heterocycles. The number of anilines is 1. The van der Waals surface area contributed by atoms with E-state index in [9.17, 15) is 18.0 Å². The molecule has 0 fully saturated rings. The Labute approximate surface area is 267 Å². The van der Waals surface area contributed by atoms with Gasteiger partial charge < -0.3 is 10.2 Å². The molecule has 0 bridgehead atoms. The summed E-state index contributed by atoms with van der Waals surface area (Å²) in [6.07, 6.45) is 1.61. The van der Waals surface area contributed by atoms with Crippen LogP contribution in [0.2, 0.25) is 10.0 Å². The van der Waals surface area contributed by atoms with E-state index < -0.39 is 21.6 Å². The number of amides is 2. The third kappa shape index (κ3) is 10.3. The molecule has 0 saturated heterocycles. The van der Waals surface area contributed by atoms with Gasteiger partial charge in [-0.2, -0.15) is 0 Å². The van der Waals surface area contributed by atoms with Crippen molar-refractivity contribution in [1.29, 1.82) is 0 Å². The number of nitrogens with zero attached hydrogens (tertiary/aromatic N) is 2. The molecule has 42 heavy (non-hydrogen) atoms. The first-order chi connectivity index (χ1) is 19.6. The Hall–Kier alpha value is -2.59. The molecule has 226 valence electrons. The maximum Gasteiger partial charge on any atom is 0.243 e. The van der Waals surface area contributed by atoms with Gasteiger partial charge >= 0.3 is 0 Å². The maximum atomic E-state index is 13.9. The van der Waals surface area contributed by atoms with Crippen LogP contribution in [0.4, 0.5) is 5.69 Å².